The Kier molecular flexibility index (Phi) is 7.24. The Morgan fingerprint density at radius 1 is 1.24 bits per heavy atom. The zero-order valence-electron chi connectivity index (χ0n) is 21.2. The van der Waals surface area contributed by atoms with Crippen LogP contribution in [0.15, 0.2) is 47.4 Å². The molecule has 4 rings (SSSR count). The van der Waals surface area contributed by atoms with E-state index in [0.29, 0.717) is 29.3 Å². The Hall–Kier alpha value is -4.24. The summed E-state index contributed by atoms with van der Waals surface area (Å²) in [6, 6.07) is 11.8. The van der Waals surface area contributed by atoms with Crippen LogP contribution in [0.4, 0.5) is 0 Å². The number of aryl methyl sites for hydroxylation is 1. The lowest BCUT2D eigenvalue weighted by atomic mass is 10.1. The highest BCUT2D eigenvalue weighted by Gasteiger charge is 2.58. The van der Waals surface area contributed by atoms with Gasteiger partial charge in [-0.1, -0.05) is 19.1 Å². The third-order valence-electron chi connectivity index (χ3n) is 6.71. The molecule has 2 amide bonds. The first-order valence-electron chi connectivity index (χ1n) is 11.9. The van der Waals surface area contributed by atoms with Crippen LogP contribution in [0.2, 0.25) is 0 Å². The monoisotopic (exact) mass is 537 g/mol. The van der Waals surface area contributed by atoms with Crippen molar-refractivity contribution in [1.29, 1.82) is 5.26 Å². The fourth-order valence-corrected chi connectivity index (χ4v) is 5.91. The van der Waals surface area contributed by atoms with Crippen molar-refractivity contribution < 1.29 is 22.7 Å². The van der Waals surface area contributed by atoms with Crippen molar-refractivity contribution >= 4 is 32.7 Å². The Morgan fingerprint density at radius 2 is 1.92 bits per heavy atom. The maximum Gasteiger partial charge on any atom is 0.263 e. The molecule has 0 atom stereocenters. The zero-order valence-corrected chi connectivity index (χ0v) is 22.0. The Morgan fingerprint density at radius 3 is 2.53 bits per heavy atom. The highest BCUT2D eigenvalue weighted by Crippen LogP contribution is 2.45. The van der Waals surface area contributed by atoms with Crippen LogP contribution < -0.4 is 15.6 Å². The number of aromatic nitrogens is 2. The quantitative estimate of drug-likeness (QED) is 0.434. The highest BCUT2D eigenvalue weighted by atomic mass is 32.2. The molecule has 1 aliphatic carbocycles. The number of hydrogen-bond acceptors (Lipinski definition) is 8. The first-order valence-corrected chi connectivity index (χ1v) is 13.4. The van der Waals surface area contributed by atoms with Gasteiger partial charge >= 0.3 is 0 Å². The number of rotatable bonds is 9. The van der Waals surface area contributed by atoms with Crippen molar-refractivity contribution in [2.24, 2.45) is 7.05 Å². The number of nitrogens with zero attached hydrogens (tertiary/aromatic N) is 4. The normalized spacial score (nSPS) is 13.9. The van der Waals surface area contributed by atoms with Crippen LogP contribution in [-0.2, 0) is 28.4 Å². The average Bonchev–Trinajstić information content (AvgIpc) is 3.73. The molecule has 198 valence electrons. The zero-order chi connectivity index (χ0) is 27.7. The molecule has 0 saturated heterocycles. The van der Waals surface area contributed by atoms with Gasteiger partial charge in [-0.2, -0.15) is 5.26 Å². The van der Waals surface area contributed by atoms with Gasteiger partial charge in [0.05, 0.1) is 11.6 Å². The van der Waals surface area contributed by atoms with Gasteiger partial charge in [0.25, 0.3) is 11.5 Å². The van der Waals surface area contributed by atoms with E-state index in [1.807, 2.05) is 6.07 Å². The SMILES string of the molecule is CCC(=O)N(C)S(=O)(=O)C1(COc2nccc3cc(C(=O)NCc4ccc(C#N)cc4)c(=O)n(C)c23)CC1. The molecule has 0 spiro atoms. The number of amides is 2. The van der Waals surface area contributed by atoms with Gasteiger partial charge < -0.3 is 14.6 Å². The molecule has 1 fully saturated rings. The number of carbonyl (C=O) groups is 2. The Balaban J connectivity index is 1.56. The molecule has 0 bridgehead atoms. The number of sulfonamides is 1. The molecule has 1 saturated carbocycles. The molecule has 2 heterocycles. The van der Waals surface area contributed by atoms with Crippen LogP contribution in [-0.4, -0.2) is 52.5 Å². The third-order valence-corrected chi connectivity index (χ3v) is 9.26. The number of carbonyl (C=O) groups excluding carboxylic acids is 2. The predicted molar refractivity (Wildman–Crippen MR) is 139 cm³/mol. The number of benzene rings is 1. The van der Waals surface area contributed by atoms with Crippen molar-refractivity contribution in [3.63, 3.8) is 0 Å². The molecule has 38 heavy (non-hydrogen) atoms. The van der Waals surface area contributed by atoms with Crippen molar-refractivity contribution in [1.82, 2.24) is 19.2 Å². The number of fused-ring (bicyclic) bond motifs is 1. The molecule has 1 aromatic carbocycles. The summed E-state index contributed by atoms with van der Waals surface area (Å²) < 4.78 is 32.7. The maximum absolute atomic E-state index is 13.1. The first kappa shape index (κ1) is 26.8. The average molecular weight is 538 g/mol. The molecule has 12 heteroatoms. The third kappa shape index (κ3) is 4.84. The van der Waals surface area contributed by atoms with E-state index in [-0.39, 0.29) is 31.0 Å². The summed E-state index contributed by atoms with van der Waals surface area (Å²) in [6.45, 7) is 1.53. The van der Waals surface area contributed by atoms with Crippen LogP contribution in [0.3, 0.4) is 0 Å². The second kappa shape index (κ2) is 10.3. The van der Waals surface area contributed by atoms with Crippen LogP contribution in [0.5, 0.6) is 5.88 Å². The van der Waals surface area contributed by atoms with Gasteiger partial charge in [0, 0.05) is 38.6 Å². The summed E-state index contributed by atoms with van der Waals surface area (Å²) in [6.07, 6.45) is 2.18. The number of nitriles is 1. The Labute approximate surface area is 219 Å². The van der Waals surface area contributed by atoms with Crippen molar-refractivity contribution in [2.75, 3.05) is 13.7 Å². The van der Waals surface area contributed by atoms with Crippen molar-refractivity contribution in [3.05, 3.63) is 69.6 Å². The van der Waals surface area contributed by atoms with E-state index in [0.717, 1.165) is 9.87 Å². The van der Waals surface area contributed by atoms with Gasteiger partial charge in [0.1, 0.15) is 22.4 Å². The molecular formula is C26H27N5O6S. The molecule has 1 aliphatic rings. The van der Waals surface area contributed by atoms with E-state index in [1.54, 1.807) is 37.3 Å². The lowest BCUT2D eigenvalue weighted by Crippen LogP contribution is -2.44. The number of hydrogen-bond donors (Lipinski definition) is 1. The van der Waals surface area contributed by atoms with Gasteiger partial charge in [-0.3, -0.25) is 14.4 Å². The topological polar surface area (TPSA) is 151 Å². The molecule has 3 aromatic rings. The van der Waals surface area contributed by atoms with Gasteiger partial charge in [0.15, 0.2) is 0 Å². The molecule has 1 N–H and O–H groups in total. The summed E-state index contributed by atoms with van der Waals surface area (Å²) in [7, 11) is -1.21. The van der Waals surface area contributed by atoms with Crippen LogP contribution in [0.25, 0.3) is 10.9 Å². The van der Waals surface area contributed by atoms with Crippen LogP contribution in [0.1, 0.15) is 47.7 Å². The summed E-state index contributed by atoms with van der Waals surface area (Å²) in [5.74, 6) is -1.02. The lowest BCUT2D eigenvalue weighted by molar-refractivity contribution is -0.125. The van der Waals surface area contributed by atoms with E-state index in [4.69, 9.17) is 10.00 Å². The minimum atomic E-state index is -3.94. The second-order valence-corrected chi connectivity index (χ2v) is 11.5. The molecular weight excluding hydrogens is 510 g/mol. The van der Waals surface area contributed by atoms with E-state index in [9.17, 15) is 22.8 Å². The largest absolute Gasteiger partial charge is 0.474 e. The van der Waals surface area contributed by atoms with Crippen molar-refractivity contribution in [2.45, 2.75) is 37.5 Å². The van der Waals surface area contributed by atoms with E-state index in [1.165, 1.54) is 30.9 Å². The van der Waals surface area contributed by atoms with E-state index < -0.39 is 32.1 Å². The van der Waals surface area contributed by atoms with E-state index >= 15 is 0 Å². The molecule has 0 aliphatic heterocycles. The minimum Gasteiger partial charge on any atom is -0.474 e. The maximum atomic E-state index is 13.1. The minimum absolute atomic E-state index is 0.0533. The fourth-order valence-electron chi connectivity index (χ4n) is 4.11. The highest BCUT2D eigenvalue weighted by molar-refractivity contribution is 7.91. The van der Waals surface area contributed by atoms with Crippen LogP contribution >= 0.6 is 0 Å². The second-order valence-electron chi connectivity index (χ2n) is 9.16. The smallest absolute Gasteiger partial charge is 0.263 e. The number of ether oxygens (including phenoxy) is 1. The summed E-state index contributed by atoms with van der Waals surface area (Å²) in [5.41, 5.74) is 0.931. The standard InChI is InChI=1S/C26H27N5O6S/c1-4-21(32)31(3)38(35,36)26(10-11-26)16-37-24-22-19(9-12-28-24)13-20(25(34)30(22)2)23(33)29-15-18-7-5-17(14-27)6-8-18/h5-9,12-13H,4,10-11,15-16H2,1-3H3,(H,29,33). The van der Waals surface area contributed by atoms with Gasteiger partial charge in [-0.25, -0.2) is 17.7 Å². The van der Waals surface area contributed by atoms with Gasteiger partial charge in [-0.05, 0) is 42.7 Å². The van der Waals surface area contributed by atoms with Gasteiger partial charge in [-0.15, -0.1) is 0 Å². The summed E-state index contributed by atoms with van der Waals surface area (Å²) in [4.78, 5) is 42.1. The number of nitrogens with one attached hydrogen (secondary N) is 1. The van der Waals surface area contributed by atoms with E-state index in [2.05, 4.69) is 10.3 Å². The molecule has 11 nitrogen and oxygen atoms in total. The van der Waals surface area contributed by atoms with Gasteiger partial charge in [0.2, 0.25) is 21.8 Å². The first-order chi connectivity index (χ1) is 18.0. The summed E-state index contributed by atoms with van der Waals surface area (Å²) >= 11 is 0. The predicted octanol–water partition coefficient (Wildman–Crippen LogP) is 1.84. The fraction of sp³-hybridized carbons (Fsp3) is 0.346. The number of pyridine rings is 2. The van der Waals surface area contributed by atoms with Crippen molar-refractivity contribution in [3.8, 4) is 11.9 Å². The molecule has 2 aromatic heterocycles. The van der Waals surface area contributed by atoms with Crippen LogP contribution in [0, 0.1) is 11.3 Å². The lowest BCUT2D eigenvalue weighted by Gasteiger charge is -2.24. The Bertz CT molecular complexity index is 1620. The molecule has 0 radical (unpaired) electrons. The summed E-state index contributed by atoms with van der Waals surface area (Å²) in [5, 5.41) is 12.1. The molecule has 0 unspecified atom stereocenters.